The summed E-state index contributed by atoms with van der Waals surface area (Å²) in [5.41, 5.74) is 3.27. The van der Waals surface area contributed by atoms with Gasteiger partial charge in [-0.3, -0.25) is 0 Å². The SMILES string of the molecule is C[C@@H]1CCC[C@H](C)N1c1c(N2[C@H](C)CCC[C@@H]2C)c1=[N+]1[C@H](C)CCC[C@@H]1C. The molecule has 0 saturated carbocycles. The van der Waals surface area contributed by atoms with E-state index in [9.17, 15) is 0 Å². The third-order valence-corrected chi connectivity index (χ3v) is 7.97. The summed E-state index contributed by atoms with van der Waals surface area (Å²) in [6.45, 7) is 14.8. The normalized spacial score (nSPS) is 38.7. The lowest BCUT2D eigenvalue weighted by Gasteiger charge is -2.41. The monoisotopic (exact) mass is 372 g/mol. The van der Waals surface area contributed by atoms with E-state index in [1.165, 1.54) is 57.8 Å². The van der Waals surface area contributed by atoms with Gasteiger partial charge in [-0.1, -0.05) is 0 Å². The molecule has 0 bridgehead atoms. The Morgan fingerprint density at radius 2 is 0.889 bits per heavy atom. The van der Waals surface area contributed by atoms with E-state index in [0.717, 1.165) is 0 Å². The zero-order valence-corrected chi connectivity index (χ0v) is 18.7. The molecule has 3 heteroatoms. The first-order valence-electron chi connectivity index (χ1n) is 11.9. The number of nitrogens with zero attached hydrogens (tertiary/aromatic N) is 3. The predicted molar refractivity (Wildman–Crippen MR) is 117 cm³/mol. The summed E-state index contributed by atoms with van der Waals surface area (Å²) in [5.74, 6) is 0. The van der Waals surface area contributed by atoms with Crippen LogP contribution in [0.4, 0.5) is 11.4 Å². The van der Waals surface area contributed by atoms with Crippen molar-refractivity contribution in [2.24, 2.45) is 0 Å². The second-order valence-corrected chi connectivity index (χ2v) is 10.2. The van der Waals surface area contributed by atoms with Crippen LogP contribution in [0.1, 0.15) is 99.3 Å². The van der Waals surface area contributed by atoms with Gasteiger partial charge in [0.05, 0.1) is 0 Å². The van der Waals surface area contributed by atoms with Crippen molar-refractivity contribution in [1.82, 2.24) is 4.58 Å². The predicted octanol–water partition coefficient (Wildman–Crippen LogP) is 4.83. The number of hydrogen-bond donors (Lipinski definition) is 0. The molecule has 27 heavy (non-hydrogen) atoms. The molecule has 1 aromatic carbocycles. The molecular weight excluding hydrogens is 330 g/mol. The van der Waals surface area contributed by atoms with Crippen LogP contribution in [0, 0.1) is 0 Å². The minimum absolute atomic E-state index is 0.682. The maximum absolute atomic E-state index is 2.82. The molecule has 0 amide bonds. The Morgan fingerprint density at radius 3 is 1.26 bits per heavy atom. The van der Waals surface area contributed by atoms with Crippen LogP contribution in [-0.2, 0) is 0 Å². The smallest absolute Gasteiger partial charge is 0.252 e. The van der Waals surface area contributed by atoms with Crippen molar-refractivity contribution in [1.29, 1.82) is 0 Å². The van der Waals surface area contributed by atoms with Gasteiger partial charge in [-0.05, 0) is 86.5 Å². The molecule has 0 N–H and O–H groups in total. The second kappa shape index (κ2) is 7.44. The fraction of sp³-hybridized carbons (Fsp3) is 0.875. The van der Waals surface area contributed by atoms with Crippen molar-refractivity contribution in [3.05, 3.63) is 5.36 Å². The van der Waals surface area contributed by atoms with E-state index < -0.39 is 0 Å². The van der Waals surface area contributed by atoms with Crippen molar-refractivity contribution in [2.75, 3.05) is 9.80 Å². The van der Waals surface area contributed by atoms with E-state index in [2.05, 4.69) is 55.9 Å². The Hall–Kier alpha value is -0.990. The number of anilines is 2. The van der Waals surface area contributed by atoms with Gasteiger partial charge >= 0.3 is 0 Å². The van der Waals surface area contributed by atoms with Crippen LogP contribution >= 0.6 is 0 Å². The van der Waals surface area contributed by atoms with Gasteiger partial charge in [-0.2, -0.15) is 0 Å². The molecule has 3 nitrogen and oxygen atoms in total. The van der Waals surface area contributed by atoms with Crippen LogP contribution < -0.4 is 19.7 Å². The minimum atomic E-state index is 0.682. The van der Waals surface area contributed by atoms with Crippen molar-refractivity contribution in [3.63, 3.8) is 0 Å². The average Bonchev–Trinajstić information content (AvgIpc) is 3.28. The van der Waals surface area contributed by atoms with E-state index in [0.29, 0.717) is 36.3 Å². The number of rotatable bonds is 2. The average molecular weight is 373 g/mol. The van der Waals surface area contributed by atoms with E-state index >= 15 is 0 Å². The van der Waals surface area contributed by atoms with Crippen LogP contribution in [0.15, 0.2) is 0 Å². The quantitative estimate of drug-likeness (QED) is 0.688. The molecule has 3 saturated heterocycles. The Labute approximate surface area is 167 Å². The first-order chi connectivity index (χ1) is 12.9. The molecule has 0 radical (unpaired) electrons. The van der Waals surface area contributed by atoms with E-state index in [-0.39, 0.29) is 0 Å². The molecule has 0 unspecified atom stereocenters. The molecule has 152 valence electrons. The summed E-state index contributed by atoms with van der Waals surface area (Å²) >= 11 is 0. The lowest BCUT2D eigenvalue weighted by Crippen LogP contribution is -2.48. The summed E-state index contributed by atoms with van der Waals surface area (Å²) in [6, 6.07) is 4.09. The van der Waals surface area contributed by atoms with Crippen molar-refractivity contribution < 1.29 is 0 Å². The van der Waals surface area contributed by atoms with Crippen LogP contribution in [0.5, 0.6) is 0 Å². The number of piperidine rings is 3. The molecule has 0 aromatic heterocycles. The first kappa shape index (κ1) is 19.3. The summed E-state index contributed by atoms with van der Waals surface area (Å²) in [6.07, 6.45) is 12.3. The van der Waals surface area contributed by atoms with Gasteiger partial charge in [-0.25, -0.2) is 4.58 Å². The van der Waals surface area contributed by atoms with Gasteiger partial charge in [0.25, 0.3) is 5.36 Å². The lowest BCUT2D eigenvalue weighted by molar-refractivity contribution is 0.294. The molecule has 3 aliphatic heterocycles. The van der Waals surface area contributed by atoms with Gasteiger partial charge in [0.2, 0.25) is 0 Å². The number of hydrogen-bond acceptors (Lipinski definition) is 2. The van der Waals surface area contributed by atoms with Gasteiger partial charge in [-0.15, -0.1) is 0 Å². The fourth-order valence-corrected chi connectivity index (χ4v) is 6.48. The van der Waals surface area contributed by atoms with E-state index in [1.807, 2.05) is 0 Å². The molecular formula is C24H42N3+. The topological polar surface area (TPSA) is 9.49 Å². The molecule has 3 heterocycles. The molecule has 1 aromatic rings. The highest BCUT2D eigenvalue weighted by atomic mass is 15.3. The lowest BCUT2D eigenvalue weighted by atomic mass is 9.97. The van der Waals surface area contributed by atoms with E-state index in [1.54, 1.807) is 16.7 Å². The summed E-state index contributed by atoms with van der Waals surface area (Å²) < 4.78 is 2.82. The Bertz CT molecular complexity index is 609. The van der Waals surface area contributed by atoms with Crippen molar-refractivity contribution >= 4 is 11.4 Å². The Balaban J connectivity index is 1.83. The van der Waals surface area contributed by atoms with Crippen LogP contribution in [0.25, 0.3) is 0 Å². The largest absolute Gasteiger partial charge is 0.359 e. The minimum Gasteiger partial charge on any atom is -0.359 e. The van der Waals surface area contributed by atoms with E-state index in [4.69, 9.17) is 0 Å². The molecule has 0 spiro atoms. The standard InChI is InChI=1S/C24H42N3/c1-16-10-7-11-17(2)25(16)22-23(26-18(3)12-8-13-19(26)4)24(22)27-20(5)14-9-15-21(27)6/h16-21H,7-15H2,1-6H3/q+1/t16-,17+,18-,19+,20-,21+. The zero-order chi connectivity index (χ0) is 19.3. The maximum Gasteiger partial charge on any atom is 0.252 e. The summed E-state index contributed by atoms with van der Waals surface area (Å²) in [5, 5.41) is 1.64. The Kier molecular flexibility index (Phi) is 5.33. The molecule has 0 aliphatic carbocycles. The maximum atomic E-state index is 2.82. The third kappa shape index (κ3) is 3.34. The van der Waals surface area contributed by atoms with Crippen molar-refractivity contribution in [2.45, 2.75) is 136 Å². The molecule has 3 aliphatic rings. The van der Waals surface area contributed by atoms with Gasteiger partial charge in [0.1, 0.15) is 11.4 Å². The molecule has 3 fully saturated rings. The highest BCUT2D eigenvalue weighted by Crippen LogP contribution is 2.43. The van der Waals surface area contributed by atoms with Crippen LogP contribution in [0.3, 0.4) is 0 Å². The van der Waals surface area contributed by atoms with Gasteiger partial charge < -0.3 is 9.80 Å². The van der Waals surface area contributed by atoms with Crippen LogP contribution in [-0.4, -0.2) is 36.3 Å². The van der Waals surface area contributed by atoms with Gasteiger partial charge in [0.15, 0.2) is 12.1 Å². The highest BCUT2D eigenvalue weighted by molar-refractivity contribution is 5.86. The fourth-order valence-electron chi connectivity index (χ4n) is 6.48. The molecule has 4 rings (SSSR count). The Morgan fingerprint density at radius 1 is 0.556 bits per heavy atom. The second-order valence-electron chi connectivity index (χ2n) is 10.2. The molecule has 6 atom stereocenters. The zero-order valence-electron chi connectivity index (χ0n) is 18.7. The van der Waals surface area contributed by atoms with Gasteiger partial charge in [0, 0.05) is 37.0 Å². The van der Waals surface area contributed by atoms with Crippen molar-refractivity contribution in [3.8, 4) is 0 Å². The third-order valence-electron chi connectivity index (χ3n) is 7.97. The summed E-state index contributed by atoms with van der Waals surface area (Å²) in [4.78, 5) is 5.63. The highest BCUT2D eigenvalue weighted by Gasteiger charge is 2.46. The summed E-state index contributed by atoms with van der Waals surface area (Å²) in [7, 11) is 0. The van der Waals surface area contributed by atoms with Crippen LogP contribution in [0.2, 0.25) is 0 Å². The first-order valence-corrected chi connectivity index (χ1v) is 11.9.